The normalized spacial score (nSPS) is 10.6. The van der Waals surface area contributed by atoms with Crippen molar-refractivity contribution in [1.82, 2.24) is 10.4 Å². The summed E-state index contributed by atoms with van der Waals surface area (Å²) in [5.41, 5.74) is 3.59. The molecule has 0 radical (unpaired) electrons. The number of carbonyl (C=O) groups is 1. The summed E-state index contributed by atoms with van der Waals surface area (Å²) >= 11 is 3.31. The van der Waals surface area contributed by atoms with Crippen LogP contribution in [0.1, 0.15) is 15.9 Å². The van der Waals surface area contributed by atoms with Gasteiger partial charge in [-0.1, -0.05) is 22.0 Å². The van der Waals surface area contributed by atoms with Crippen molar-refractivity contribution in [2.45, 2.75) is 0 Å². The van der Waals surface area contributed by atoms with Gasteiger partial charge in [-0.2, -0.15) is 5.10 Å². The highest BCUT2D eigenvalue weighted by Crippen LogP contribution is 2.21. The van der Waals surface area contributed by atoms with Crippen molar-refractivity contribution >= 4 is 33.7 Å². The van der Waals surface area contributed by atoms with Crippen molar-refractivity contribution < 1.29 is 14.5 Å². The Bertz CT molecular complexity index is 1020. The van der Waals surface area contributed by atoms with E-state index < -0.39 is 4.92 Å². The summed E-state index contributed by atoms with van der Waals surface area (Å²) in [6, 6.07) is 16.6. The van der Waals surface area contributed by atoms with Gasteiger partial charge >= 0.3 is 0 Å². The molecule has 1 N–H and O–H groups in total. The smallest absolute Gasteiger partial charge is 0.287 e. The number of nitrogens with one attached hydrogen (secondary N) is 1. The fraction of sp³-hybridized carbons (Fsp3) is 0. The van der Waals surface area contributed by atoms with Crippen LogP contribution in [-0.4, -0.2) is 22.0 Å². The Morgan fingerprint density at radius 2 is 1.96 bits per heavy atom. The minimum atomic E-state index is -0.527. The van der Waals surface area contributed by atoms with Crippen LogP contribution in [0.15, 0.2) is 76.4 Å². The summed E-state index contributed by atoms with van der Waals surface area (Å²) in [4.78, 5) is 26.0. The van der Waals surface area contributed by atoms with Crippen molar-refractivity contribution in [2.24, 2.45) is 5.10 Å². The second-order valence-electron chi connectivity index (χ2n) is 5.49. The van der Waals surface area contributed by atoms with Crippen LogP contribution in [0.4, 0.5) is 5.69 Å². The van der Waals surface area contributed by atoms with Crippen molar-refractivity contribution in [1.29, 1.82) is 0 Å². The lowest BCUT2D eigenvalue weighted by molar-refractivity contribution is -0.385. The maximum Gasteiger partial charge on any atom is 0.287 e. The van der Waals surface area contributed by atoms with Crippen molar-refractivity contribution in [2.75, 3.05) is 0 Å². The molecule has 0 saturated carbocycles. The first-order valence-corrected chi connectivity index (χ1v) is 8.78. The average molecular weight is 441 g/mol. The zero-order valence-corrected chi connectivity index (χ0v) is 15.9. The van der Waals surface area contributed by atoms with Gasteiger partial charge in [-0.25, -0.2) is 10.4 Å². The van der Waals surface area contributed by atoms with E-state index in [1.165, 1.54) is 18.3 Å². The molecule has 28 heavy (non-hydrogen) atoms. The fourth-order valence-electron chi connectivity index (χ4n) is 2.14. The van der Waals surface area contributed by atoms with Crippen LogP contribution >= 0.6 is 15.9 Å². The summed E-state index contributed by atoms with van der Waals surface area (Å²) in [5, 5.41) is 14.5. The third-order valence-electron chi connectivity index (χ3n) is 3.50. The predicted molar refractivity (Wildman–Crippen MR) is 107 cm³/mol. The monoisotopic (exact) mass is 440 g/mol. The lowest BCUT2D eigenvalue weighted by Gasteiger charge is -2.04. The highest BCUT2D eigenvalue weighted by Gasteiger charge is 2.06. The number of hydrogen-bond acceptors (Lipinski definition) is 6. The van der Waals surface area contributed by atoms with Crippen molar-refractivity contribution in [3.05, 3.63) is 92.6 Å². The predicted octanol–water partition coefficient (Wildman–Crippen LogP) is 4.31. The maximum atomic E-state index is 12.0. The van der Waals surface area contributed by atoms with Crippen LogP contribution in [0.2, 0.25) is 0 Å². The molecule has 0 fully saturated rings. The molecule has 0 atom stereocenters. The summed E-state index contributed by atoms with van der Waals surface area (Å²) < 4.78 is 6.34. The Hall–Kier alpha value is -3.59. The van der Waals surface area contributed by atoms with E-state index in [0.29, 0.717) is 11.3 Å². The molecular weight excluding hydrogens is 428 g/mol. The average Bonchev–Trinajstić information content (AvgIpc) is 2.69. The molecule has 3 rings (SSSR count). The molecule has 1 aromatic heterocycles. The van der Waals surface area contributed by atoms with Crippen LogP contribution in [0.5, 0.6) is 11.6 Å². The minimum absolute atomic E-state index is 0.108. The maximum absolute atomic E-state index is 12.0. The molecule has 2 aromatic carbocycles. The van der Waals surface area contributed by atoms with Crippen LogP contribution in [0.25, 0.3) is 0 Å². The van der Waals surface area contributed by atoms with E-state index in [4.69, 9.17) is 4.74 Å². The summed E-state index contributed by atoms with van der Waals surface area (Å²) in [5.74, 6) is 0.437. The number of hydrazone groups is 1. The highest BCUT2D eigenvalue weighted by atomic mass is 79.9. The number of rotatable bonds is 6. The number of hydrogen-bond donors (Lipinski definition) is 1. The Morgan fingerprint density at radius 1 is 1.18 bits per heavy atom. The SMILES string of the molecule is O=C(NN=Cc1ccc(Oc2ccc([N+](=O)[O-])cn2)cc1)c1cccc(Br)c1. The largest absolute Gasteiger partial charge is 0.439 e. The molecule has 1 heterocycles. The molecule has 0 unspecified atom stereocenters. The molecule has 0 aliphatic carbocycles. The first kappa shape index (κ1) is 19.2. The van der Waals surface area contributed by atoms with Gasteiger partial charge in [0.2, 0.25) is 5.88 Å². The minimum Gasteiger partial charge on any atom is -0.439 e. The van der Waals surface area contributed by atoms with Gasteiger partial charge in [-0.05, 0) is 48.0 Å². The molecule has 140 valence electrons. The highest BCUT2D eigenvalue weighted by molar-refractivity contribution is 9.10. The van der Waals surface area contributed by atoms with E-state index in [-0.39, 0.29) is 17.5 Å². The lowest BCUT2D eigenvalue weighted by atomic mass is 10.2. The Kier molecular flexibility index (Phi) is 6.07. The fourth-order valence-corrected chi connectivity index (χ4v) is 2.54. The van der Waals surface area contributed by atoms with Crippen molar-refractivity contribution in [3.8, 4) is 11.6 Å². The van der Waals surface area contributed by atoms with Crippen molar-refractivity contribution in [3.63, 3.8) is 0 Å². The number of amides is 1. The van der Waals surface area contributed by atoms with Crippen LogP contribution in [0.3, 0.4) is 0 Å². The molecule has 0 aliphatic rings. The molecule has 0 aliphatic heterocycles. The zero-order chi connectivity index (χ0) is 19.9. The summed E-state index contributed by atoms with van der Waals surface area (Å²) in [7, 11) is 0. The van der Waals surface area contributed by atoms with Gasteiger partial charge in [0.15, 0.2) is 0 Å². The molecule has 8 nitrogen and oxygen atoms in total. The molecule has 0 saturated heterocycles. The van der Waals surface area contributed by atoms with Gasteiger partial charge in [0.05, 0.1) is 11.1 Å². The number of nitro groups is 1. The van der Waals surface area contributed by atoms with Gasteiger partial charge in [-0.15, -0.1) is 0 Å². The third-order valence-corrected chi connectivity index (χ3v) is 3.99. The van der Waals surface area contributed by atoms with Crippen LogP contribution in [0, 0.1) is 10.1 Å². The number of pyridine rings is 1. The molecular formula is C19H13BrN4O4. The number of nitrogens with zero attached hydrogens (tertiary/aromatic N) is 3. The molecule has 9 heteroatoms. The standard InChI is InChI=1S/C19H13BrN4O4/c20-15-3-1-2-14(10-15)19(25)23-22-11-13-4-7-17(8-5-13)28-18-9-6-16(12-21-18)24(26)27/h1-12H,(H,23,25). The van der Waals surface area contributed by atoms with Gasteiger partial charge in [0, 0.05) is 22.2 Å². The lowest BCUT2D eigenvalue weighted by Crippen LogP contribution is -2.17. The first-order chi connectivity index (χ1) is 13.5. The number of benzene rings is 2. The molecule has 0 spiro atoms. The Morgan fingerprint density at radius 3 is 2.61 bits per heavy atom. The van der Waals surface area contributed by atoms with E-state index in [1.54, 1.807) is 42.5 Å². The Balaban J connectivity index is 1.57. The zero-order valence-electron chi connectivity index (χ0n) is 14.3. The van der Waals surface area contributed by atoms with E-state index in [2.05, 4.69) is 31.4 Å². The van der Waals surface area contributed by atoms with E-state index >= 15 is 0 Å². The second kappa shape index (κ2) is 8.87. The first-order valence-electron chi connectivity index (χ1n) is 7.98. The van der Waals surface area contributed by atoms with Crippen LogP contribution in [-0.2, 0) is 0 Å². The topological polar surface area (TPSA) is 107 Å². The van der Waals surface area contributed by atoms with Gasteiger partial charge in [-0.3, -0.25) is 14.9 Å². The summed E-state index contributed by atoms with van der Waals surface area (Å²) in [6.45, 7) is 0. The van der Waals surface area contributed by atoms with Crippen LogP contribution < -0.4 is 10.2 Å². The molecule has 3 aromatic rings. The Labute approximate surface area is 168 Å². The molecule has 0 bridgehead atoms. The summed E-state index contributed by atoms with van der Waals surface area (Å²) in [6.07, 6.45) is 2.63. The van der Waals surface area contributed by atoms with Gasteiger partial charge in [0.1, 0.15) is 11.9 Å². The van der Waals surface area contributed by atoms with Gasteiger partial charge < -0.3 is 4.74 Å². The van der Waals surface area contributed by atoms with Gasteiger partial charge in [0.25, 0.3) is 11.6 Å². The number of aromatic nitrogens is 1. The number of ether oxygens (including phenoxy) is 1. The van der Waals surface area contributed by atoms with E-state index in [9.17, 15) is 14.9 Å². The quantitative estimate of drug-likeness (QED) is 0.349. The second-order valence-corrected chi connectivity index (χ2v) is 6.41. The number of carbonyl (C=O) groups excluding carboxylic acids is 1. The van der Waals surface area contributed by atoms with E-state index in [0.717, 1.165) is 16.2 Å². The van der Waals surface area contributed by atoms with E-state index in [1.807, 2.05) is 6.07 Å². The molecule has 1 amide bonds. The number of halogens is 1. The third kappa shape index (κ3) is 5.21.